The van der Waals surface area contributed by atoms with Crippen molar-refractivity contribution in [2.75, 3.05) is 26.2 Å². The Morgan fingerprint density at radius 2 is 2.03 bits per heavy atom. The normalized spacial score (nSPS) is 25.4. The van der Waals surface area contributed by atoms with E-state index in [1.165, 1.54) is 49.3 Å². The van der Waals surface area contributed by atoms with Gasteiger partial charge in [-0.15, -0.1) is 5.10 Å². The molecule has 1 N–H and O–H groups in total. The van der Waals surface area contributed by atoms with Crippen molar-refractivity contribution in [3.05, 3.63) is 18.1 Å². The van der Waals surface area contributed by atoms with Crippen molar-refractivity contribution in [1.29, 1.82) is 0 Å². The van der Waals surface area contributed by atoms with Gasteiger partial charge in [0.15, 0.2) is 5.82 Å². The van der Waals surface area contributed by atoms with E-state index in [1.54, 1.807) is 4.90 Å². The van der Waals surface area contributed by atoms with Gasteiger partial charge in [-0.25, -0.2) is 0 Å². The monoisotopic (exact) mass is 412 g/mol. The number of carbonyl (C=O) groups excluding carboxylic acids is 2. The van der Waals surface area contributed by atoms with E-state index in [0.29, 0.717) is 30.4 Å². The predicted molar refractivity (Wildman–Crippen MR) is 107 cm³/mol. The average molecular weight is 412 g/mol. The molecule has 0 aromatic carbocycles. The van der Waals surface area contributed by atoms with Gasteiger partial charge in [0.1, 0.15) is 11.9 Å². The van der Waals surface area contributed by atoms with Gasteiger partial charge in [-0.1, -0.05) is 19.3 Å². The molecule has 3 aliphatic rings. The lowest BCUT2D eigenvalue weighted by molar-refractivity contribution is -0.146. The summed E-state index contributed by atoms with van der Waals surface area (Å²) in [6.45, 7) is 2.81. The van der Waals surface area contributed by atoms with E-state index in [1.807, 2.05) is 0 Å². The average Bonchev–Trinajstić information content (AvgIpc) is 3.53. The molecule has 0 radical (unpaired) electrons. The minimum absolute atomic E-state index is 0.136. The molecule has 3 fully saturated rings. The highest BCUT2D eigenvalue weighted by atomic mass is 16.2. The first-order chi connectivity index (χ1) is 14.7. The molecule has 2 saturated heterocycles. The van der Waals surface area contributed by atoms with E-state index < -0.39 is 5.41 Å². The molecule has 5 rings (SSSR count). The van der Waals surface area contributed by atoms with Crippen LogP contribution in [-0.2, 0) is 4.79 Å². The number of hydrogen-bond donors (Lipinski definition) is 1. The third-order valence-corrected chi connectivity index (χ3v) is 7.10. The second kappa shape index (κ2) is 7.81. The molecule has 10 nitrogen and oxygen atoms in total. The highest BCUT2D eigenvalue weighted by molar-refractivity contribution is 5.98. The van der Waals surface area contributed by atoms with E-state index >= 15 is 0 Å². The summed E-state index contributed by atoms with van der Waals surface area (Å²) >= 11 is 0. The van der Waals surface area contributed by atoms with Gasteiger partial charge in [0, 0.05) is 26.2 Å². The molecule has 2 aromatic rings. The number of carbonyl (C=O) groups is 2. The van der Waals surface area contributed by atoms with Crippen LogP contribution in [0.15, 0.2) is 12.5 Å². The minimum Gasteiger partial charge on any atom is -0.342 e. The Balaban J connectivity index is 1.29. The van der Waals surface area contributed by atoms with Crippen molar-refractivity contribution < 1.29 is 9.59 Å². The third-order valence-electron chi connectivity index (χ3n) is 7.10. The first kappa shape index (κ1) is 19.2. The van der Waals surface area contributed by atoms with Crippen molar-refractivity contribution in [2.45, 2.75) is 51.4 Å². The Bertz CT molecular complexity index is 904. The van der Waals surface area contributed by atoms with Crippen LogP contribution in [0.1, 0.15) is 61.7 Å². The second-order valence-electron chi connectivity index (χ2n) is 9.00. The van der Waals surface area contributed by atoms with Gasteiger partial charge in [0.2, 0.25) is 5.91 Å². The second-order valence-corrected chi connectivity index (χ2v) is 9.00. The van der Waals surface area contributed by atoms with Gasteiger partial charge in [-0.05, 0) is 48.4 Å². The maximum Gasteiger partial charge on any atom is 0.259 e. The van der Waals surface area contributed by atoms with Crippen LogP contribution in [0.5, 0.6) is 0 Å². The van der Waals surface area contributed by atoms with E-state index in [2.05, 4.69) is 30.6 Å². The first-order valence-corrected chi connectivity index (χ1v) is 11.0. The van der Waals surface area contributed by atoms with Gasteiger partial charge >= 0.3 is 0 Å². The Labute approximate surface area is 175 Å². The molecule has 160 valence electrons. The molecule has 30 heavy (non-hydrogen) atoms. The molecule has 1 aliphatic carbocycles. The van der Waals surface area contributed by atoms with Gasteiger partial charge in [0.25, 0.3) is 5.91 Å². The maximum absolute atomic E-state index is 13.5. The Morgan fingerprint density at radius 3 is 2.83 bits per heavy atom. The lowest BCUT2D eigenvalue weighted by atomic mass is 9.77. The lowest BCUT2D eigenvalue weighted by Gasteiger charge is -2.41. The summed E-state index contributed by atoms with van der Waals surface area (Å²) in [4.78, 5) is 30.6. The molecule has 1 spiro atoms. The fourth-order valence-electron chi connectivity index (χ4n) is 5.48. The fraction of sp³-hybridized carbons (Fsp3) is 0.700. The van der Waals surface area contributed by atoms with E-state index in [0.717, 1.165) is 32.4 Å². The minimum atomic E-state index is -0.429. The quantitative estimate of drug-likeness (QED) is 0.813. The van der Waals surface area contributed by atoms with Crippen LogP contribution in [0.3, 0.4) is 0 Å². The van der Waals surface area contributed by atoms with Crippen molar-refractivity contribution in [3.63, 3.8) is 0 Å². The molecule has 0 bridgehead atoms. The molecule has 4 heterocycles. The number of H-pyrrole nitrogens is 1. The number of tetrazole rings is 1. The van der Waals surface area contributed by atoms with Crippen LogP contribution in [0.2, 0.25) is 0 Å². The predicted octanol–water partition coefficient (Wildman–Crippen LogP) is 1.42. The zero-order valence-electron chi connectivity index (χ0n) is 17.2. The number of nitrogens with one attached hydrogen (secondary N) is 1. The number of rotatable bonds is 4. The van der Waals surface area contributed by atoms with Gasteiger partial charge < -0.3 is 9.80 Å². The standard InChI is InChI=1S/C20H28N8O2/c29-18(16-11-21-23-17(16)28-14-22-24-25-28)27-10-8-20(13-27)7-4-9-26(19(20)30)12-15-5-2-1-3-6-15/h11,14-15H,1-10,12-13H2,(H,21,23)/t20-/m0/s1. The first-order valence-electron chi connectivity index (χ1n) is 11.0. The van der Waals surface area contributed by atoms with Gasteiger partial charge in [0.05, 0.1) is 11.6 Å². The highest BCUT2D eigenvalue weighted by Crippen LogP contribution is 2.41. The number of likely N-dealkylation sites (tertiary alicyclic amines) is 2. The van der Waals surface area contributed by atoms with Gasteiger partial charge in [-0.2, -0.15) is 9.78 Å². The Morgan fingerprint density at radius 1 is 1.17 bits per heavy atom. The highest BCUT2D eigenvalue weighted by Gasteiger charge is 2.49. The van der Waals surface area contributed by atoms with Crippen LogP contribution in [0, 0.1) is 11.3 Å². The molecular weight excluding hydrogens is 384 g/mol. The van der Waals surface area contributed by atoms with Crippen LogP contribution in [0.25, 0.3) is 5.82 Å². The van der Waals surface area contributed by atoms with Crippen LogP contribution >= 0.6 is 0 Å². The molecule has 2 amide bonds. The van der Waals surface area contributed by atoms with Crippen molar-refractivity contribution in [3.8, 4) is 5.82 Å². The SMILES string of the molecule is O=C(c1cn[nH]c1-n1cnnn1)N1CC[C@@]2(CCCN(CC3CCCCC3)C2=O)C1. The number of piperidine rings is 1. The number of aromatic nitrogens is 6. The number of hydrogen-bond acceptors (Lipinski definition) is 6. The molecular formula is C20H28N8O2. The molecule has 1 atom stereocenters. The molecule has 1 saturated carbocycles. The smallest absolute Gasteiger partial charge is 0.259 e. The maximum atomic E-state index is 13.5. The Kier molecular flexibility index (Phi) is 5.00. The zero-order chi connectivity index (χ0) is 20.6. The van der Waals surface area contributed by atoms with Crippen LogP contribution in [-0.4, -0.2) is 78.2 Å². The fourth-order valence-corrected chi connectivity index (χ4v) is 5.48. The lowest BCUT2D eigenvalue weighted by Crippen LogP contribution is -2.51. The molecule has 2 aliphatic heterocycles. The van der Waals surface area contributed by atoms with Crippen molar-refractivity contribution >= 4 is 11.8 Å². The number of nitrogens with zero attached hydrogens (tertiary/aromatic N) is 7. The summed E-state index contributed by atoms with van der Waals surface area (Å²) in [5.74, 6) is 1.20. The topological polar surface area (TPSA) is 113 Å². The summed E-state index contributed by atoms with van der Waals surface area (Å²) in [6.07, 6.45) is 11.9. The van der Waals surface area contributed by atoms with Crippen LogP contribution < -0.4 is 0 Å². The Hall–Kier alpha value is -2.78. The molecule has 10 heteroatoms. The molecule has 0 unspecified atom stereocenters. The summed E-state index contributed by atoms with van der Waals surface area (Å²) in [5.41, 5.74) is -0.0111. The summed E-state index contributed by atoms with van der Waals surface area (Å²) in [7, 11) is 0. The van der Waals surface area contributed by atoms with Crippen molar-refractivity contribution in [1.82, 2.24) is 40.2 Å². The third kappa shape index (κ3) is 3.37. The molecule has 2 aromatic heterocycles. The summed E-state index contributed by atoms with van der Waals surface area (Å²) in [5, 5.41) is 17.9. The number of amides is 2. The van der Waals surface area contributed by atoms with Crippen molar-refractivity contribution in [2.24, 2.45) is 11.3 Å². The largest absolute Gasteiger partial charge is 0.342 e. The van der Waals surface area contributed by atoms with E-state index in [4.69, 9.17) is 0 Å². The number of aromatic amines is 1. The van der Waals surface area contributed by atoms with E-state index in [9.17, 15) is 9.59 Å². The van der Waals surface area contributed by atoms with E-state index in [-0.39, 0.29) is 11.8 Å². The zero-order valence-corrected chi connectivity index (χ0v) is 17.2. The summed E-state index contributed by atoms with van der Waals surface area (Å²) < 4.78 is 1.39. The summed E-state index contributed by atoms with van der Waals surface area (Å²) in [6, 6.07) is 0. The van der Waals surface area contributed by atoms with Gasteiger partial charge in [-0.3, -0.25) is 14.7 Å². The van der Waals surface area contributed by atoms with Crippen LogP contribution in [0.4, 0.5) is 0 Å².